The van der Waals surface area contributed by atoms with Gasteiger partial charge in [-0.05, 0) is 48.0 Å². The molecule has 0 aliphatic rings. The molecule has 3 amide bonds. The Labute approximate surface area is 171 Å². The average molecular weight is 410 g/mol. The normalized spacial score (nSPS) is 10.2. The molecule has 1 aromatic heterocycles. The Kier molecular flexibility index (Phi) is 6.91. The van der Waals surface area contributed by atoms with Crippen LogP contribution < -0.4 is 25.8 Å². The lowest BCUT2D eigenvalue weighted by atomic mass is 10.1. The molecular formula is C21H19FN4O4. The molecule has 2 aromatic carbocycles. The van der Waals surface area contributed by atoms with Crippen molar-refractivity contribution in [3.05, 3.63) is 78.2 Å². The zero-order valence-electron chi connectivity index (χ0n) is 15.8. The van der Waals surface area contributed by atoms with Crippen LogP contribution in [0.4, 0.5) is 14.9 Å². The number of pyridine rings is 1. The number of urea groups is 1. The van der Waals surface area contributed by atoms with E-state index in [9.17, 15) is 14.0 Å². The number of aromatic nitrogens is 1. The molecule has 0 aliphatic carbocycles. The van der Waals surface area contributed by atoms with Gasteiger partial charge in [-0.3, -0.25) is 15.8 Å². The van der Waals surface area contributed by atoms with E-state index in [2.05, 4.69) is 15.6 Å². The molecule has 30 heavy (non-hydrogen) atoms. The van der Waals surface area contributed by atoms with Gasteiger partial charge in [0, 0.05) is 18.0 Å². The van der Waals surface area contributed by atoms with Gasteiger partial charge in [0.1, 0.15) is 24.0 Å². The minimum absolute atomic E-state index is 0.00524. The molecule has 0 radical (unpaired) electrons. The van der Waals surface area contributed by atoms with E-state index in [1.165, 1.54) is 30.5 Å². The van der Waals surface area contributed by atoms with Crippen molar-refractivity contribution in [2.24, 2.45) is 5.73 Å². The van der Waals surface area contributed by atoms with Crippen LogP contribution in [0.1, 0.15) is 5.56 Å². The summed E-state index contributed by atoms with van der Waals surface area (Å²) in [5, 5.41) is 4.77. The van der Waals surface area contributed by atoms with E-state index < -0.39 is 17.8 Å². The van der Waals surface area contributed by atoms with Gasteiger partial charge in [0.15, 0.2) is 0 Å². The number of benzene rings is 2. The lowest BCUT2D eigenvalue weighted by Gasteiger charge is -2.09. The maximum Gasteiger partial charge on any atom is 0.325 e. The van der Waals surface area contributed by atoms with Crippen molar-refractivity contribution in [2.75, 3.05) is 12.0 Å². The molecule has 8 nitrogen and oxygen atoms in total. The summed E-state index contributed by atoms with van der Waals surface area (Å²) in [4.78, 5) is 27.9. The fourth-order valence-corrected chi connectivity index (χ4v) is 2.48. The van der Waals surface area contributed by atoms with Crippen LogP contribution >= 0.6 is 0 Å². The Bertz CT molecular complexity index is 1010. The van der Waals surface area contributed by atoms with Crippen LogP contribution in [0.15, 0.2) is 66.9 Å². The molecule has 0 unspecified atom stereocenters. The van der Waals surface area contributed by atoms with Gasteiger partial charge in [-0.2, -0.15) is 0 Å². The zero-order chi connectivity index (χ0) is 21.3. The van der Waals surface area contributed by atoms with Gasteiger partial charge in [-0.15, -0.1) is 0 Å². The first-order valence-electron chi connectivity index (χ1n) is 8.94. The topological polar surface area (TPSA) is 116 Å². The quantitative estimate of drug-likeness (QED) is 0.515. The second-order valence-corrected chi connectivity index (χ2v) is 6.07. The number of carbonyl (C=O) groups is 2. The van der Waals surface area contributed by atoms with E-state index >= 15 is 0 Å². The highest BCUT2D eigenvalue weighted by atomic mass is 19.1. The number of carbonyl (C=O) groups excluding carboxylic acids is 2. The van der Waals surface area contributed by atoms with Gasteiger partial charge in [-0.1, -0.05) is 12.1 Å². The van der Waals surface area contributed by atoms with E-state index in [0.717, 1.165) is 0 Å². The smallest absolute Gasteiger partial charge is 0.325 e. The van der Waals surface area contributed by atoms with Crippen molar-refractivity contribution in [2.45, 2.75) is 6.42 Å². The molecule has 3 aromatic rings. The Balaban J connectivity index is 1.51. The van der Waals surface area contributed by atoms with Gasteiger partial charge in [0.05, 0.1) is 6.42 Å². The first kappa shape index (κ1) is 20.7. The number of nitrogens with two attached hydrogens (primary N) is 1. The minimum atomic E-state index is -0.673. The Morgan fingerprint density at radius 3 is 2.43 bits per heavy atom. The molecule has 0 aliphatic heterocycles. The summed E-state index contributed by atoms with van der Waals surface area (Å²) < 4.78 is 23.7. The first-order chi connectivity index (χ1) is 14.5. The summed E-state index contributed by atoms with van der Waals surface area (Å²) in [5.74, 6) is 0.483. The third-order valence-corrected chi connectivity index (χ3v) is 3.82. The van der Waals surface area contributed by atoms with E-state index in [0.29, 0.717) is 28.6 Å². The van der Waals surface area contributed by atoms with Crippen molar-refractivity contribution in [1.82, 2.24) is 10.3 Å². The number of anilines is 1. The second-order valence-electron chi connectivity index (χ2n) is 6.07. The Morgan fingerprint density at radius 2 is 1.73 bits per heavy atom. The molecule has 0 bridgehead atoms. The van der Waals surface area contributed by atoms with Crippen LogP contribution in [0.25, 0.3) is 0 Å². The molecule has 0 spiro atoms. The largest absolute Gasteiger partial charge is 0.462 e. The number of nitrogens with zero attached hydrogens (tertiary/aromatic N) is 1. The number of hydrogen-bond donors (Lipinski definition) is 3. The number of amides is 3. The summed E-state index contributed by atoms with van der Waals surface area (Å²) in [6.45, 7) is 0.00524. The molecule has 0 atom stereocenters. The number of ether oxygens (including phenoxy) is 2. The molecule has 9 heteroatoms. The lowest BCUT2D eigenvalue weighted by Crippen LogP contribution is -2.35. The van der Waals surface area contributed by atoms with Crippen LogP contribution in [0, 0.1) is 5.82 Å². The predicted octanol–water partition coefficient (Wildman–Crippen LogP) is 3.20. The van der Waals surface area contributed by atoms with Crippen molar-refractivity contribution < 1.29 is 23.5 Å². The van der Waals surface area contributed by atoms with Crippen LogP contribution in [0.3, 0.4) is 0 Å². The standard InChI is InChI=1S/C21H19FN4O4/c22-15-3-1-14(2-4-15)11-19(27)26-21(28)25-16-5-7-17(8-6-16)30-18-9-10-24-20(12-18)29-13-23/h1-10,12H,11,13,23H2,(H2,25,26,27,28). The molecular weight excluding hydrogens is 391 g/mol. The zero-order valence-corrected chi connectivity index (χ0v) is 15.8. The summed E-state index contributed by atoms with van der Waals surface area (Å²) in [6.07, 6.45) is 1.49. The number of rotatable bonds is 7. The number of hydrogen-bond acceptors (Lipinski definition) is 6. The van der Waals surface area contributed by atoms with Crippen LogP contribution in [-0.4, -0.2) is 23.7 Å². The highest BCUT2D eigenvalue weighted by Crippen LogP contribution is 2.24. The van der Waals surface area contributed by atoms with Gasteiger partial charge in [0.25, 0.3) is 0 Å². The molecule has 0 saturated carbocycles. The summed E-state index contributed by atoms with van der Waals surface area (Å²) in [6, 6.07) is 14.6. The molecule has 1 heterocycles. The van der Waals surface area contributed by atoms with Gasteiger partial charge < -0.3 is 14.8 Å². The van der Waals surface area contributed by atoms with E-state index in [1.54, 1.807) is 36.4 Å². The van der Waals surface area contributed by atoms with Gasteiger partial charge >= 0.3 is 6.03 Å². The molecule has 154 valence electrons. The van der Waals surface area contributed by atoms with Crippen molar-refractivity contribution in [3.8, 4) is 17.4 Å². The third kappa shape index (κ3) is 6.28. The molecule has 0 saturated heterocycles. The monoisotopic (exact) mass is 410 g/mol. The number of nitrogens with one attached hydrogen (secondary N) is 2. The van der Waals surface area contributed by atoms with E-state index in [-0.39, 0.29) is 13.2 Å². The summed E-state index contributed by atoms with van der Waals surface area (Å²) >= 11 is 0. The van der Waals surface area contributed by atoms with Crippen LogP contribution in [0.2, 0.25) is 0 Å². The maximum absolute atomic E-state index is 12.9. The highest BCUT2D eigenvalue weighted by molar-refractivity contribution is 6.01. The van der Waals surface area contributed by atoms with Crippen LogP contribution in [0.5, 0.6) is 17.4 Å². The van der Waals surface area contributed by atoms with E-state index in [4.69, 9.17) is 15.2 Å². The summed E-state index contributed by atoms with van der Waals surface area (Å²) in [5.41, 5.74) is 6.38. The second kappa shape index (κ2) is 9.99. The van der Waals surface area contributed by atoms with Crippen molar-refractivity contribution in [3.63, 3.8) is 0 Å². The fraction of sp³-hybridized carbons (Fsp3) is 0.0952. The molecule has 4 N–H and O–H groups in total. The van der Waals surface area contributed by atoms with Crippen molar-refractivity contribution >= 4 is 17.6 Å². The van der Waals surface area contributed by atoms with Gasteiger partial charge in [0.2, 0.25) is 11.8 Å². The van der Waals surface area contributed by atoms with Crippen LogP contribution in [-0.2, 0) is 11.2 Å². The molecule has 3 rings (SSSR count). The fourth-order valence-electron chi connectivity index (χ4n) is 2.48. The Morgan fingerprint density at radius 1 is 1.00 bits per heavy atom. The van der Waals surface area contributed by atoms with Crippen molar-refractivity contribution in [1.29, 1.82) is 0 Å². The predicted molar refractivity (Wildman–Crippen MR) is 108 cm³/mol. The maximum atomic E-state index is 12.9. The third-order valence-electron chi connectivity index (χ3n) is 3.82. The van der Waals surface area contributed by atoms with E-state index in [1.807, 2.05) is 0 Å². The number of halogens is 1. The van der Waals surface area contributed by atoms with Gasteiger partial charge in [-0.25, -0.2) is 14.2 Å². The minimum Gasteiger partial charge on any atom is -0.462 e. The SMILES string of the molecule is NCOc1cc(Oc2ccc(NC(=O)NC(=O)Cc3ccc(F)cc3)cc2)ccn1. The average Bonchev–Trinajstić information content (AvgIpc) is 2.72. The lowest BCUT2D eigenvalue weighted by molar-refractivity contribution is -0.119. The highest BCUT2D eigenvalue weighted by Gasteiger charge is 2.09. The molecule has 0 fully saturated rings. The first-order valence-corrected chi connectivity index (χ1v) is 8.94. The summed E-state index contributed by atoms with van der Waals surface area (Å²) in [7, 11) is 0. The number of imide groups is 1. The Hall–Kier alpha value is -3.98.